The first-order chi connectivity index (χ1) is 16.2. The smallest absolute Gasteiger partial charge is 0.484 e. The summed E-state index contributed by atoms with van der Waals surface area (Å²) in [5.74, 6) is 1.55. The molecular weight excluding hydrogens is 468 g/mol. The van der Waals surface area contributed by atoms with Crippen LogP contribution in [-0.2, 0) is 4.74 Å². The van der Waals surface area contributed by atoms with E-state index in [0.717, 1.165) is 44.1 Å². The van der Waals surface area contributed by atoms with Gasteiger partial charge in [-0.15, -0.1) is 0 Å². The Hall–Kier alpha value is -2.21. The molecule has 0 spiro atoms. The molecule has 0 aliphatic heterocycles. The fourth-order valence-corrected chi connectivity index (χ4v) is 5.37. The molecule has 34 heavy (non-hydrogen) atoms. The predicted molar refractivity (Wildman–Crippen MR) is 129 cm³/mol. The van der Waals surface area contributed by atoms with Crippen molar-refractivity contribution >= 4 is 21.4 Å². The maximum atomic E-state index is 13.0. The number of hydrogen-bond acceptors (Lipinski definition) is 3. The summed E-state index contributed by atoms with van der Waals surface area (Å²) in [6.45, 7) is 2.74. The van der Waals surface area contributed by atoms with Crippen LogP contribution in [0.1, 0.15) is 70.8 Å². The Morgan fingerprint density at radius 2 is 1.79 bits per heavy atom. The van der Waals surface area contributed by atoms with Crippen LogP contribution in [-0.4, -0.2) is 29.2 Å². The van der Waals surface area contributed by atoms with Crippen molar-refractivity contribution in [3.8, 4) is 5.75 Å². The van der Waals surface area contributed by atoms with E-state index in [1.54, 1.807) is 23.8 Å². The molecule has 3 aliphatic rings. The van der Waals surface area contributed by atoms with E-state index in [1.807, 2.05) is 19.9 Å². The Kier molecular flexibility index (Phi) is 10.7. The van der Waals surface area contributed by atoms with Gasteiger partial charge in [-0.05, 0) is 68.6 Å². The fraction of sp³-hybridized carbons (Fsp3) is 0.560. The fourth-order valence-electron chi connectivity index (χ4n) is 5.22. The number of fused-ring (bicyclic) bond motifs is 3. The molecule has 0 radical (unpaired) electrons. The largest absolute Gasteiger partial charge is 0.503 e. The van der Waals surface area contributed by atoms with Crippen LogP contribution in [0.3, 0.4) is 0 Å². The Morgan fingerprint density at radius 1 is 1.12 bits per heavy atom. The van der Waals surface area contributed by atoms with E-state index in [4.69, 9.17) is 24.3 Å². The SMILES string of the molecule is CC.FC(F)(F)CO/C(=C1\C2CCCC1C1=C(CCCC1)C2)c1cccc(OP)c1.O=C(O)O. The summed E-state index contributed by atoms with van der Waals surface area (Å²) in [4.78, 5) is 8.56. The Morgan fingerprint density at radius 3 is 2.44 bits per heavy atom. The molecule has 1 saturated carbocycles. The maximum Gasteiger partial charge on any atom is 0.503 e. The van der Waals surface area contributed by atoms with Crippen LogP contribution in [0, 0.1) is 11.8 Å². The molecule has 3 atom stereocenters. The lowest BCUT2D eigenvalue weighted by Crippen LogP contribution is -2.30. The first kappa shape index (κ1) is 28.0. The minimum Gasteiger partial charge on any atom is -0.484 e. The second-order valence-corrected chi connectivity index (χ2v) is 8.57. The average Bonchev–Trinajstić information content (AvgIpc) is 2.80. The van der Waals surface area contributed by atoms with Crippen LogP contribution < -0.4 is 4.52 Å². The molecule has 2 N–H and O–H groups in total. The first-order valence-corrected chi connectivity index (χ1v) is 12.2. The molecule has 0 saturated heterocycles. The van der Waals surface area contributed by atoms with Gasteiger partial charge in [0.1, 0.15) is 11.5 Å². The highest BCUT2D eigenvalue weighted by molar-refractivity contribution is 7.10. The molecule has 1 fully saturated rings. The van der Waals surface area contributed by atoms with Crippen LogP contribution in [0.5, 0.6) is 5.75 Å². The Balaban J connectivity index is 0.000000618. The van der Waals surface area contributed by atoms with Crippen molar-refractivity contribution < 1.29 is 37.4 Å². The van der Waals surface area contributed by atoms with E-state index in [1.165, 1.54) is 18.4 Å². The zero-order valence-corrected chi connectivity index (χ0v) is 20.8. The third kappa shape index (κ3) is 7.66. The molecule has 0 aromatic heterocycles. The molecule has 1 aromatic rings. The van der Waals surface area contributed by atoms with Gasteiger partial charge in [0.25, 0.3) is 0 Å². The van der Waals surface area contributed by atoms with Crippen molar-refractivity contribution in [1.29, 1.82) is 0 Å². The summed E-state index contributed by atoms with van der Waals surface area (Å²) < 4.78 is 49.8. The summed E-state index contributed by atoms with van der Waals surface area (Å²) in [6, 6.07) is 7.18. The van der Waals surface area contributed by atoms with Crippen molar-refractivity contribution in [3.63, 3.8) is 0 Å². The topological polar surface area (TPSA) is 76.0 Å². The van der Waals surface area contributed by atoms with Crippen molar-refractivity contribution in [3.05, 3.63) is 46.5 Å². The van der Waals surface area contributed by atoms with Gasteiger partial charge in [0.15, 0.2) is 6.61 Å². The number of ether oxygens (including phenoxy) is 1. The quantitative estimate of drug-likeness (QED) is 0.247. The van der Waals surface area contributed by atoms with Gasteiger partial charge in [0, 0.05) is 11.5 Å². The second-order valence-electron chi connectivity index (χ2n) is 8.34. The summed E-state index contributed by atoms with van der Waals surface area (Å²) in [5.41, 5.74) is 4.83. The lowest BCUT2D eigenvalue weighted by atomic mass is 9.62. The Bertz CT molecular complexity index is 891. The van der Waals surface area contributed by atoms with E-state index in [2.05, 4.69) is 9.47 Å². The average molecular weight is 503 g/mol. The molecule has 2 bridgehead atoms. The molecule has 5 nitrogen and oxygen atoms in total. The van der Waals surface area contributed by atoms with Crippen LogP contribution in [0.25, 0.3) is 5.76 Å². The van der Waals surface area contributed by atoms with Crippen molar-refractivity contribution in [2.45, 2.75) is 71.4 Å². The van der Waals surface area contributed by atoms with Gasteiger partial charge < -0.3 is 19.5 Å². The summed E-state index contributed by atoms with van der Waals surface area (Å²) in [7, 11) is 2.18. The second kappa shape index (κ2) is 13.0. The van der Waals surface area contributed by atoms with Crippen LogP contribution in [0.4, 0.5) is 18.0 Å². The van der Waals surface area contributed by atoms with Crippen molar-refractivity contribution in [2.24, 2.45) is 11.8 Å². The molecule has 3 aliphatic carbocycles. The van der Waals surface area contributed by atoms with Crippen molar-refractivity contribution in [2.75, 3.05) is 6.61 Å². The van der Waals surface area contributed by atoms with Crippen LogP contribution in [0.2, 0.25) is 0 Å². The van der Waals surface area contributed by atoms with Gasteiger partial charge in [0.2, 0.25) is 0 Å². The van der Waals surface area contributed by atoms with Crippen LogP contribution in [0.15, 0.2) is 41.0 Å². The highest BCUT2D eigenvalue weighted by Gasteiger charge is 2.40. The molecule has 190 valence electrons. The summed E-state index contributed by atoms with van der Waals surface area (Å²) >= 11 is 0. The number of carbonyl (C=O) groups is 1. The summed E-state index contributed by atoms with van der Waals surface area (Å²) in [6.07, 6.45) is 2.63. The van der Waals surface area contributed by atoms with E-state index in [0.29, 0.717) is 23.0 Å². The normalized spacial score (nSPS) is 22.8. The predicted octanol–water partition coefficient (Wildman–Crippen LogP) is 8.08. The van der Waals surface area contributed by atoms with Gasteiger partial charge in [-0.3, -0.25) is 0 Å². The molecule has 1 aromatic carbocycles. The van der Waals surface area contributed by atoms with E-state index in [9.17, 15) is 13.2 Å². The van der Waals surface area contributed by atoms with E-state index >= 15 is 0 Å². The molecule has 0 amide bonds. The number of allylic oxidation sites excluding steroid dienone is 3. The summed E-state index contributed by atoms with van der Waals surface area (Å²) in [5, 5.41) is 13.9. The highest BCUT2D eigenvalue weighted by atomic mass is 31.0. The number of benzene rings is 1. The van der Waals surface area contributed by atoms with Gasteiger partial charge in [-0.25, -0.2) is 4.79 Å². The minimum absolute atomic E-state index is 0.242. The minimum atomic E-state index is -4.36. The highest BCUT2D eigenvalue weighted by Crippen LogP contribution is 2.53. The number of rotatable bonds is 4. The lowest BCUT2D eigenvalue weighted by molar-refractivity contribution is -0.158. The number of hydrogen-bond donors (Lipinski definition) is 2. The third-order valence-electron chi connectivity index (χ3n) is 6.28. The molecule has 9 heteroatoms. The van der Waals surface area contributed by atoms with Crippen LogP contribution >= 0.6 is 9.47 Å². The van der Waals surface area contributed by atoms with E-state index in [-0.39, 0.29) is 5.92 Å². The molecule has 3 unspecified atom stereocenters. The molecule has 0 heterocycles. The lowest BCUT2D eigenvalue weighted by Gasteiger charge is -2.43. The van der Waals surface area contributed by atoms with Gasteiger partial charge in [0.05, 0.1) is 9.47 Å². The van der Waals surface area contributed by atoms with Crippen molar-refractivity contribution in [1.82, 2.24) is 0 Å². The molecular formula is C25H34F3O5P. The third-order valence-corrected chi connectivity index (χ3v) is 6.55. The van der Waals surface area contributed by atoms with Gasteiger partial charge >= 0.3 is 12.3 Å². The van der Waals surface area contributed by atoms with Gasteiger partial charge in [-0.1, -0.05) is 43.5 Å². The first-order valence-electron chi connectivity index (χ1n) is 11.7. The number of carboxylic acid groups (broad SMARTS) is 2. The zero-order valence-electron chi connectivity index (χ0n) is 19.7. The van der Waals surface area contributed by atoms with E-state index < -0.39 is 18.9 Å². The monoisotopic (exact) mass is 502 g/mol. The molecule has 4 rings (SSSR count). The van der Waals surface area contributed by atoms with Gasteiger partial charge in [-0.2, -0.15) is 13.2 Å². The maximum absolute atomic E-state index is 13.0. The number of halogens is 3. The standard InChI is InChI=1S/C22H26F3O2P.C2H6.CH2O3/c23-22(24,25)13-26-21(16-7-3-8-17(12-16)27-28)20-15-6-4-10-19(20)18-9-2-1-5-14(18)11-15;1-2;2-1(3)4/h3,7-8,12,15,19H,1-2,4-6,9-11,13,28H2;1-2H3;(H2,2,3,4)/b21-20+;;. The number of alkyl halides is 3. The Labute approximate surface area is 201 Å². The zero-order chi connectivity index (χ0) is 25.3.